The van der Waals surface area contributed by atoms with Crippen molar-refractivity contribution >= 4 is 16.0 Å². The normalized spacial score (nSPS) is 26.2. The van der Waals surface area contributed by atoms with E-state index in [1.165, 1.54) is 6.92 Å². The van der Waals surface area contributed by atoms with E-state index < -0.39 is 57.1 Å². The molecule has 0 aliphatic carbocycles. The summed E-state index contributed by atoms with van der Waals surface area (Å²) in [4.78, 5) is 42.7. The van der Waals surface area contributed by atoms with E-state index in [-0.39, 0.29) is 5.56 Å². The summed E-state index contributed by atoms with van der Waals surface area (Å²) in [5.74, 6) is -4.33. The van der Waals surface area contributed by atoms with Gasteiger partial charge >= 0.3 is 11.7 Å². The minimum Gasteiger partial charge on any atom is -0.459 e. The van der Waals surface area contributed by atoms with Crippen LogP contribution in [0.2, 0.25) is 0 Å². The molecule has 0 spiro atoms. The lowest BCUT2D eigenvalue weighted by Crippen LogP contribution is -2.50. The summed E-state index contributed by atoms with van der Waals surface area (Å²) in [5, 5.41) is 11.8. The van der Waals surface area contributed by atoms with Crippen LogP contribution >= 0.6 is 0 Å². The molecule has 0 radical (unpaired) electrons. The van der Waals surface area contributed by atoms with Crippen LogP contribution in [0, 0.1) is 6.92 Å². The largest absolute Gasteiger partial charge is 0.459 e. The van der Waals surface area contributed by atoms with E-state index in [0.717, 1.165) is 13.1 Å². The summed E-state index contributed by atoms with van der Waals surface area (Å²) in [6.07, 6.45) is -2.21. The van der Waals surface area contributed by atoms with Gasteiger partial charge in [0, 0.05) is 28.5 Å². The van der Waals surface area contributed by atoms with Gasteiger partial charge < -0.3 is 9.47 Å². The van der Waals surface area contributed by atoms with Crippen LogP contribution in [0.3, 0.4) is 0 Å². The second-order valence-electron chi connectivity index (χ2n) is 6.00. The van der Waals surface area contributed by atoms with Crippen molar-refractivity contribution in [2.24, 2.45) is 15.4 Å². The van der Waals surface area contributed by atoms with E-state index in [1.807, 2.05) is 4.98 Å². The fourth-order valence-electron chi connectivity index (χ4n) is 2.86. The van der Waals surface area contributed by atoms with Gasteiger partial charge in [-0.25, -0.2) is 18.4 Å². The van der Waals surface area contributed by atoms with Crippen LogP contribution in [0.25, 0.3) is 20.9 Å². The van der Waals surface area contributed by atoms with Gasteiger partial charge in [0.25, 0.3) is 5.56 Å². The average molecular weight is 429 g/mol. The summed E-state index contributed by atoms with van der Waals surface area (Å²) in [6, 6.07) is -1.72. The number of esters is 1. The number of nitrogens with one attached hydrogen (secondary N) is 1. The molecule has 1 fully saturated rings. The maximum Gasteiger partial charge on any atom is 0.330 e. The third-order valence-electron chi connectivity index (χ3n) is 3.92. The van der Waals surface area contributed by atoms with Crippen molar-refractivity contribution < 1.29 is 22.7 Å². The van der Waals surface area contributed by atoms with E-state index in [2.05, 4.69) is 20.1 Å². The van der Waals surface area contributed by atoms with Gasteiger partial charge in [0.1, 0.15) is 18.2 Å². The molecule has 2 heterocycles. The number of hydrogen-bond acceptors (Lipinski definition) is 9. The third-order valence-corrected chi connectivity index (χ3v) is 4.71. The Morgan fingerprint density at radius 1 is 1.45 bits per heavy atom. The smallest absolute Gasteiger partial charge is 0.330 e. The molecule has 2 rings (SSSR count). The molecule has 0 saturated carbocycles. The molecule has 1 saturated heterocycles. The molecule has 16 nitrogen and oxygen atoms in total. The van der Waals surface area contributed by atoms with Crippen LogP contribution in [-0.4, -0.2) is 47.9 Å². The number of aromatic nitrogens is 2. The number of sulfonamides is 1. The minimum atomic E-state index is -4.22. The molecule has 3 N–H and O–H groups in total. The van der Waals surface area contributed by atoms with Gasteiger partial charge in [0.05, 0.1) is 5.75 Å². The van der Waals surface area contributed by atoms with Gasteiger partial charge in [-0.05, 0) is 23.1 Å². The maximum absolute atomic E-state index is 12.4. The molecule has 29 heavy (non-hydrogen) atoms. The Balaban J connectivity index is 2.84. The van der Waals surface area contributed by atoms with Crippen molar-refractivity contribution in [3.63, 3.8) is 0 Å². The van der Waals surface area contributed by atoms with Gasteiger partial charge in [-0.3, -0.25) is 19.1 Å². The van der Waals surface area contributed by atoms with E-state index in [4.69, 9.17) is 25.7 Å². The zero-order chi connectivity index (χ0) is 22.0. The number of carbonyl (C=O) groups is 1. The number of ether oxygens (including phenoxy) is 2. The summed E-state index contributed by atoms with van der Waals surface area (Å²) in [7, 11) is -4.22. The number of H-pyrrole nitrogens is 1. The first-order chi connectivity index (χ1) is 13.4. The molecule has 1 unspecified atom stereocenters. The first-order valence-corrected chi connectivity index (χ1v) is 9.45. The van der Waals surface area contributed by atoms with Crippen molar-refractivity contribution in [2.75, 3.05) is 5.75 Å². The van der Waals surface area contributed by atoms with E-state index in [9.17, 15) is 22.8 Å². The molecule has 0 amide bonds. The summed E-state index contributed by atoms with van der Waals surface area (Å²) < 4.78 is 34.3. The lowest BCUT2D eigenvalue weighted by molar-refractivity contribution is -0.149. The molecular weight excluding hydrogens is 414 g/mol. The molecule has 4 atom stereocenters. The van der Waals surface area contributed by atoms with Crippen LogP contribution in [0.5, 0.6) is 0 Å². The second-order valence-corrected chi connectivity index (χ2v) is 7.66. The average Bonchev–Trinajstić information content (AvgIpc) is 2.84. The van der Waals surface area contributed by atoms with Crippen molar-refractivity contribution in [1.29, 1.82) is 0 Å². The molecule has 156 valence electrons. The van der Waals surface area contributed by atoms with Gasteiger partial charge in [-0.15, -0.1) is 0 Å². The minimum absolute atomic E-state index is 0.0145. The van der Waals surface area contributed by atoms with Crippen molar-refractivity contribution in [1.82, 2.24) is 9.55 Å². The molecule has 1 aliphatic rings. The van der Waals surface area contributed by atoms with Crippen LogP contribution in [0.15, 0.2) is 26.0 Å². The Morgan fingerprint density at radius 3 is 2.62 bits per heavy atom. The quantitative estimate of drug-likeness (QED) is 0.248. The summed E-state index contributed by atoms with van der Waals surface area (Å²) in [5.41, 5.74) is 16.1. The number of carbonyl (C=O) groups excluding carboxylic acids is 1. The summed E-state index contributed by atoms with van der Waals surface area (Å²) >= 11 is 0. The highest BCUT2D eigenvalue weighted by Crippen LogP contribution is 2.40. The predicted molar refractivity (Wildman–Crippen MR) is 94.5 cm³/mol. The Hall–Kier alpha value is -3.36. The molecule has 1 aliphatic heterocycles. The molecule has 0 aromatic carbocycles. The number of rotatable bonds is 6. The molecule has 1 aromatic heterocycles. The molecule has 17 heteroatoms. The third kappa shape index (κ3) is 4.39. The number of aromatic amines is 1. The Kier molecular flexibility index (Phi) is 6.01. The Morgan fingerprint density at radius 2 is 2.10 bits per heavy atom. The predicted octanol–water partition coefficient (Wildman–Crippen LogP) is -0.936. The van der Waals surface area contributed by atoms with E-state index >= 15 is 0 Å². The van der Waals surface area contributed by atoms with Crippen LogP contribution in [0.1, 0.15) is 12.5 Å². The first kappa shape index (κ1) is 21.9. The highest BCUT2D eigenvalue weighted by molar-refractivity contribution is 7.89. The highest BCUT2D eigenvalue weighted by Gasteiger charge is 2.59. The first-order valence-electron chi connectivity index (χ1n) is 7.74. The lowest BCUT2D eigenvalue weighted by Gasteiger charge is -2.29. The van der Waals surface area contributed by atoms with Crippen molar-refractivity contribution in [3.8, 4) is 0 Å². The number of nitrogens with zero attached hydrogens (tertiary/aromatic N) is 7. The zero-order valence-corrected chi connectivity index (χ0v) is 15.8. The second kappa shape index (κ2) is 7.94. The van der Waals surface area contributed by atoms with Gasteiger partial charge in [0.15, 0.2) is 0 Å². The Labute approximate surface area is 161 Å². The fraction of sp³-hybridized carbons (Fsp3) is 0.583. The Bertz CT molecular complexity index is 1140. The fourth-order valence-corrected chi connectivity index (χ4v) is 3.58. The van der Waals surface area contributed by atoms with E-state index in [1.54, 1.807) is 0 Å². The lowest BCUT2D eigenvalue weighted by atomic mass is 10.1. The van der Waals surface area contributed by atoms with Gasteiger partial charge in [-0.2, -0.15) is 0 Å². The number of primary sulfonamides is 1. The number of nitrogens with two attached hydrogens (primary N) is 1. The standard InChI is InChI=1S/C12H15N9O7S/c1-5-3-21(11(24)16-10(5)23)12(18-20-14)9(17-19-13)8(27-6(2)22)7(28-12)4-29(15,25)26/h3,7-9H,4H2,1-2H3,(H2,15,25,26)(H,16,23,24)/t7-,8-,9?,12+/m1/s1. The number of hydrogen-bond donors (Lipinski definition) is 2. The highest BCUT2D eigenvalue weighted by atomic mass is 32.2. The van der Waals surface area contributed by atoms with Crippen LogP contribution in [0.4, 0.5) is 0 Å². The van der Waals surface area contributed by atoms with Crippen LogP contribution < -0.4 is 16.4 Å². The van der Waals surface area contributed by atoms with Crippen molar-refractivity contribution in [2.45, 2.75) is 37.9 Å². The zero-order valence-electron chi connectivity index (χ0n) is 15.0. The number of azide groups is 2. The monoisotopic (exact) mass is 429 g/mol. The number of aryl methyl sites for hydroxylation is 1. The molecular formula is C12H15N9O7S. The topological polar surface area (TPSA) is 248 Å². The SMILES string of the molecule is CC(=O)O[C@H]1C(N=[N+]=[N-])[C@](N=[N+]=[N-])(n2cc(C)c(=O)[nH]c2=O)O[C@@H]1CS(N)(=O)=O. The van der Waals surface area contributed by atoms with Gasteiger partial charge in [0.2, 0.25) is 15.9 Å². The van der Waals surface area contributed by atoms with Crippen LogP contribution in [-0.2, 0) is 30.1 Å². The molecule has 0 bridgehead atoms. The van der Waals surface area contributed by atoms with Gasteiger partial charge in [-0.1, -0.05) is 5.11 Å². The molecule has 1 aromatic rings. The van der Waals surface area contributed by atoms with Crippen molar-refractivity contribution in [3.05, 3.63) is 53.5 Å². The maximum atomic E-state index is 12.4. The summed E-state index contributed by atoms with van der Waals surface area (Å²) in [6.45, 7) is 2.31. The van der Waals surface area contributed by atoms with E-state index in [0.29, 0.717) is 4.57 Å².